The molecular weight excluding hydrogens is 482 g/mol. The van der Waals surface area contributed by atoms with Crippen molar-refractivity contribution in [3.63, 3.8) is 0 Å². The van der Waals surface area contributed by atoms with Gasteiger partial charge in [-0.25, -0.2) is 14.8 Å². The Labute approximate surface area is 220 Å². The number of hydrogen-bond acceptors (Lipinski definition) is 7. The Morgan fingerprint density at radius 2 is 1.45 bits per heavy atom. The quantitative estimate of drug-likeness (QED) is 0.403. The fourth-order valence-electron chi connectivity index (χ4n) is 4.31. The van der Waals surface area contributed by atoms with Crippen LogP contribution in [0.3, 0.4) is 0 Å². The van der Waals surface area contributed by atoms with Gasteiger partial charge in [0.25, 0.3) is 11.8 Å². The molecule has 9 heteroatoms. The first-order chi connectivity index (χ1) is 18.6. The molecule has 0 spiro atoms. The topological polar surface area (TPSA) is 94.5 Å². The number of hydrogen-bond donors (Lipinski definition) is 1. The molecule has 0 saturated carbocycles. The minimum atomic E-state index is -0.686. The molecule has 0 radical (unpaired) electrons. The van der Waals surface area contributed by atoms with E-state index in [9.17, 15) is 14.4 Å². The molecule has 2 amide bonds. The fourth-order valence-corrected chi connectivity index (χ4v) is 4.31. The van der Waals surface area contributed by atoms with Gasteiger partial charge in [-0.2, -0.15) is 0 Å². The molecular formula is C29H27N5O4. The SMILES string of the molecule is O=C1ONN(c2ccccc2)/C1=C/C(=NC(=O)c1ccccc1)C(=O)N1CCN(Cc2ccccc2)CC1. The lowest BCUT2D eigenvalue weighted by Gasteiger charge is -2.34. The van der Waals surface area contributed by atoms with Gasteiger partial charge < -0.3 is 9.74 Å². The lowest BCUT2D eigenvalue weighted by Crippen LogP contribution is -2.50. The zero-order valence-electron chi connectivity index (χ0n) is 20.7. The summed E-state index contributed by atoms with van der Waals surface area (Å²) in [4.78, 5) is 52.3. The van der Waals surface area contributed by atoms with E-state index in [1.54, 1.807) is 47.4 Å². The highest BCUT2D eigenvalue weighted by Crippen LogP contribution is 2.22. The smallest absolute Gasteiger partial charge is 0.345 e. The minimum Gasteiger partial charge on any atom is -0.345 e. The van der Waals surface area contributed by atoms with Crippen molar-refractivity contribution in [3.05, 3.63) is 114 Å². The van der Waals surface area contributed by atoms with E-state index in [1.165, 1.54) is 16.6 Å². The summed E-state index contributed by atoms with van der Waals surface area (Å²) in [5, 5.41) is 1.41. The number of rotatable bonds is 6. The zero-order valence-corrected chi connectivity index (χ0v) is 20.7. The summed E-state index contributed by atoms with van der Waals surface area (Å²) in [6.45, 7) is 3.09. The lowest BCUT2D eigenvalue weighted by molar-refractivity contribution is -0.140. The molecule has 0 atom stereocenters. The van der Waals surface area contributed by atoms with Crippen molar-refractivity contribution in [1.82, 2.24) is 15.4 Å². The molecule has 5 rings (SSSR count). The van der Waals surface area contributed by atoms with E-state index in [1.807, 2.05) is 36.4 Å². The molecule has 2 fully saturated rings. The van der Waals surface area contributed by atoms with E-state index >= 15 is 0 Å². The van der Waals surface area contributed by atoms with Gasteiger partial charge in [0.05, 0.1) is 5.69 Å². The van der Waals surface area contributed by atoms with Gasteiger partial charge in [0.2, 0.25) is 0 Å². The standard InChI is InChI=1S/C29H27N5O4/c35-27(23-12-6-2-7-13-23)30-25(20-26-29(37)38-31-34(26)24-14-8-3-9-15-24)28(36)33-18-16-32(17-19-33)21-22-10-4-1-5-11-22/h1-15,20,31H,16-19,21H2/b26-20+,30-25?. The summed E-state index contributed by atoms with van der Waals surface area (Å²) in [5.41, 5.74) is 4.65. The molecule has 0 bridgehead atoms. The zero-order chi connectivity index (χ0) is 26.3. The molecule has 9 nitrogen and oxygen atoms in total. The van der Waals surface area contributed by atoms with Crippen LogP contribution in [0.4, 0.5) is 5.69 Å². The summed E-state index contributed by atoms with van der Waals surface area (Å²) in [5.74, 6) is -1.68. The van der Waals surface area contributed by atoms with Gasteiger partial charge in [-0.15, -0.1) is 0 Å². The maximum absolute atomic E-state index is 13.7. The van der Waals surface area contributed by atoms with Crippen molar-refractivity contribution in [2.24, 2.45) is 4.99 Å². The number of carbonyl (C=O) groups excluding carboxylic acids is 3. The molecule has 2 aliphatic heterocycles. The molecule has 0 aromatic heterocycles. The third kappa shape index (κ3) is 5.86. The Morgan fingerprint density at radius 3 is 2.11 bits per heavy atom. The number of anilines is 1. The molecule has 0 aliphatic carbocycles. The predicted molar refractivity (Wildman–Crippen MR) is 143 cm³/mol. The van der Waals surface area contributed by atoms with Crippen molar-refractivity contribution < 1.29 is 19.2 Å². The van der Waals surface area contributed by atoms with Crippen LogP contribution in [-0.4, -0.2) is 59.5 Å². The first kappa shape index (κ1) is 25.1. The van der Waals surface area contributed by atoms with Crippen LogP contribution in [0.2, 0.25) is 0 Å². The fraction of sp³-hybridized carbons (Fsp3) is 0.172. The minimum absolute atomic E-state index is 0.0480. The van der Waals surface area contributed by atoms with Crippen molar-refractivity contribution in [2.75, 3.05) is 31.2 Å². The molecule has 38 heavy (non-hydrogen) atoms. The van der Waals surface area contributed by atoms with E-state index in [0.717, 1.165) is 6.54 Å². The Morgan fingerprint density at radius 1 is 0.842 bits per heavy atom. The number of carbonyl (C=O) groups is 3. The summed E-state index contributed by atoms with van der Waals surface area (Å²) in [6, 6.07) is 27.7. The Kier molecular flexibility index (Phi) is 7.67. The molecule has 2 heterocycles. The molecule has 192 valence electrons. The summed E-state index contributed by atoms with van der Waals surface area (Å²) in [6.07, 6.45) is 1.31. The highest BCUT2D eigenvalue weighted by molar-refractivity contribution is 6.45. The van der Waals surface area contributed by atoms with Crippen molar-refractivity contribution >= 4 is 29.2 Å². The van der Waals surface area contributed by atoms with Crippen molar-refractivity contribution in [2.45, 2.75) is 6.54 Å². The Balaban J connectivity index is 1.40. The number of nitrogens with zero attached hydrogens (tertiary/aromatic N) is 4. The van der Waals surface area contributed by atoms with Crippen LogP contribution >= 0.6 is 0 Å². The second-order valence-electron chi connectivity index (χ2n) is 8.90. The van der Waals surface area contributed by atoms with Crippen molar-refractivity contribution in [3.8, 4) is 0 Å². The van der Waals surface area contributed by atoms with Crippen LogP contribution in [0.1, 0.15) is 15.9 Å². The third-order valence-electron chi connectivity index (χ3n) is 6.34. The number of piperazine rings is 1. The van der Waals surface area contributed by atoms with Crippen LogP contribution in [0.15, 0.2) is 108 Å². The first-order valence-electron chi connectivity index (χ1n) is 12.4. The first-order valence-corrected chi connectivity index (χ1v) is 12.4. The normalized spacial score (nSPS) is 17.5. The molecule has 3 aromatic rings. The predicted octanol–water partition coefficient (Wildman–Crippen LogP) is 2.98. The Bertz CT molecular complexity index is 1350. The molecule has 3 aromatic carbocycles. The molecule has 1 N–H and O–H groups in total. The van der Waals surface area contributed by atoms with Crippen molar-refractivity contribution in [1.29, 1.82) is 0 Å². The highest BCUT2D eigenvalue weighted by Gasteiger charge is 2.32. The van der Waals surface area contributed by atoms with Crippen LogP contribution < -0.4 is 10.6 Å². The number of amides is 2. The molecule has 2 saturated heterocycles. The number of benzene rings is 3. The van der Waals surface area contributed by atoms with E-state index in [-0.39, 0.29) is 11.4 Å². The average molecular weight is 510 g/mol. The van der Waals surface area contributed by atoms with Gasteiger partial charge in [0, 0.05) is 44.4 Å². The number of hydrazine groups is 1. The summed E-state index contributed by atoms with van der Waals surface area (Å²) in [7, 11) is 0. The van der Waals surface area contributed by atoms with Gasteiger partial charge in [-0.05, 0) is 29.8 Å². The monoisotopic (exact) mass is 509 g/mol. The summed E-state index contributed by atoms with van der Waals surface area (Å²) >= 11 is 0. The lowest BCUT2D eigenvalue weighted by atomic mass is 10.1. The average Bonchev–Trinajstić information content (AvgIpc) is 3.33. The van der Waals surface area contributed by atoms with Gasteiger partial charge in [0.15, 0.2) is 5.70 Å². The highest BCUT2D eigenvalue weighted by atomic mass is 16.7. The largest absolute Gasteiger partial charge is 0.376 e. The number of aliphatic imine (C=N–C) groups is 1. The van der Waals surface area contributed by atoms with Crippen LogP contribution in [0, 0.1) is 0 Å². The molecule has 2 aliphatic rings. The van der Waals surface area contributed by atoms with E-state index in [4.69, 9.17) is 4.84 Å². The van der Waals surface area contributed by atoms with E-state index in [2.05, 4.69) is 27.6 Å². The summed E-state index contributed by atoms with van der Waals surface area (Å²) < 4.78 is 0. The van der Waals surface area contributed by atoms with Crippen LogP contribution in [-0.2, 0) is 21.0 Å². The van der Waals surface area contributed by atoms with E-state index in [0.29, 0.717) is 37.4 Å². The van der Waals surface area contributed by atoms with Gasteiger partial charge >= 0.3 is 5.97 Å². The third-order valence-corrected chi connectivity index (χ3v) is 6.34. The van der Waals surface area contributed by atoms with E-state index < -0.39 is 17.8 Å². The number of nitrogens with one attached hydrogen (secondary N) is 1. The second kappa shape index (κ2) is 11.6. The maximum Gasteiger partial charge on any atom is 0.376 e. The number of para-hydroxylation sites is 1. The van der Waals surface area contributed by atoms with Gasteiger partial charge in [0.1, 0.15) is 5.71 Å². The maximum atomic E-state index is 13.7. The van der Waals surface area contributed by atoms with Crippen LogP contribution in [0.5, 0.6) is 0 Å². The van der Waals surface area contributed by atoms with Crippen LogP contribution in [0.25, 0.3) is 0 Å². The molecule has 0 unspecified atom stereocenters. The van der Waals surface area contributed by atoms with Gasteiger partial charge in [-0.3, -0.25) is 14.5 Å². The van der Waals surface area contributed by atoms with Gasteiger partial charge in [-0.1, -0.05) is 72.3 Å². The second-order valence-corrected chi connectivity index (χ2v) is 8.90. The Hall–Kier alpha value is -4.60.